The molecule has 0 aliphatic carbocycles. The van der Waals surface area contributed by atoms with E-state index in [2.05, 4.69) is 40.7 Å². The van der Waals surface area contributed by atoms with Gasteiger partial charge in [-0.15, -0.1) is 0 Å². The Kier molecular flexibility index (Phi) is 7.63. The number of fused-ring (bicyclic) bond motifs is 1. The number of benzene rings is 2. The van der Waals surface area contributed by atoms with Gasteiger partial charge in [0.25, 0.3) is 0 Å². The van der Waals surface area contributed by atoms with Crippen molar-refractivity contribution in [2.75, 3.05) is 26.2 Å². The topological polar surface area (TPSA) is 34.0 Å². The van der Waals surface area contributed by atoms with Crippen molar-refractivity contribution in [2.45, 2.75) is 20.3 Å². The van der Waals surface area contributed by atoms with Crippen LogP contribution in [0, 0.1) is 0 Å². The lowest BCUT2D eigenvalue weighted by molar-refractivity contribution is 0.103. The summed E-state index contributed by atoms with van der Waals surface area (Å²) < 4.78 is 8.83. The van der Waals surface area contributed by atoms with Crippen LogP contribution in [0.25, 0.3) is 16.6 Å². The molecule has 2 aromatic heterocycles. The third-order valence-electron chi connectivity index (χ3n) is 5.96. The van der Waals surface area contributed by atoms with Crippen molar-refractivity contribution < 1.29 is 9.53 Å². The number of aromatic nitrogens is 1. The molecule has 0 N–H and O–H groups in total. The summed E-state index contributed by atoms with van der Waals surface area (Å²) in [5.41, 5.74) is 4.20. The Balaban J connectivity index is 1.57. The molecule has 33 heavy (non-hydrogen) atoms. The number of nitrogens with zero attached hydrogens (tertiary/aromatic N) is 2. The fourth-order valence-corrected chi connectivity index (χ4v) is 4.60. The average Bonchev–Trinajstić information content (AvgIpc) is 3.23. The van der Waals surface area contributed by atoms with Gasteiger partial charge in [0.15, 0.2) is 0 Å². The standard InChI is InChI=1S/C28H29BrN2O2/c1-3-30(4-2)17-9-19-33-23-15-13-21(14-16-23)28(32)27-25(24-11-5-6-12-26(24)29)20-22-10-7-8-18-31(22)27/h5-8,10-16,18,20H,3-4,9,17,19H2,1-2H3. The molecule has 0 atom stereocenters. The molecule has 0 bridgehead atoms. The monoisotopic (exact) mass is 504 g/mol. The van der Waals surface area contributed by atoms with E-state index >= 15 is 0 Å². The van der Waals surface area contributed by atoms with Crippen molar-refractivity contribution >= 4 is 27.2 Å². The Morgan fingerprint density at radius 1 is 0.939 bits per heavy atom. The van der Waals surface area contributed by atoms with E-state index in [-0.39, 0.29) is 5.78 Å². The summed E-state index contributed by atoms with van der Waals surface area (Å²) >= 11 is 3.65. The van der Waals surface area contributed by atoms with Crippen LogP contribution < -0.4 is 4.74 Å². The van der Waals surface area contributed by atoms with Gasteiger partial charge in [0.2, 0.25) is 5.78 Å². The summed E-state index contributed by atoms with van der Waals surface area (Å²) in [6, 6.07) is 23.5. The number of rotatable bonds is 10. The fraction of sp³-hybridized carbons (Fsp3) is 0.250. The lowest BCUT2D eigenvalue weighted by Crippen LogP contribution is -2.25. The van der Waals surface area contributed by atoms with Crippen LogP contribution >= 0.6 is 15.9 Å². The molecule has 0 saturated carbocycles. The molecule has 170 valence electrons. The Morgan fingerprint density at radius 3 is 2.39 bits per heavy atom. The van der Waals surface area contributed by atoms with Crippen LogP contribution in [0.1, 0.15) is 36.3 Å². The predicted molar refractivity (Wildman–Crippen MR) is 138 cm³/mol. The van der Waals surface area contributed by atoms with Crippen molar-refractivity contribution in [3.63, 3.8) is 0 Å². The first-order valence-electron chi connectivity index (χ1n) is 11.5. The maximum atomic E-state index is 13.7. The zero-order chi connectivity index (χ0) is 23.2. The van der Waals surface area contributed by atoms with Crippen LogP contribution in [0.4, 0.5) is 0 Å². The van der Waals surface area contributed by atoms with E-state index in [4.69, 9.17) is 4.74 Å². The molecule has 0 saturated heterocycles. The van der Waals surface area contributed by atoms with Crippen LogP contribution in [0.5, 0.6) is 5.75 Å². The molecule has 0 amide bonds. The number of pyridine rings is 1. The molecule has 4 rings (SSSR count). The molecule has 4 nitrogen and oxygen atoms in total. The molecule has 2 heterocycles. The van der Waals surface area contributed by atoms with Crippen molar-refractivity contribution in [1.82, 2.24) is 9.30 Å². The van der Waals surface area contributed by atoms with Crippen LogP contribution in [0.15, 0.2) is 83.5 Å². The van der Waals surface area contributed by atoms with E-state index in [1.165, 1.54) is 0 Å². The number of hydrogen-bond donors (Lipinski definition) is 0. The third kappa shape index (κ3) is 5.21. The van der Waals surface area contributed by atoms with Crippen LogP contribution in [0.3, 0.4) is 0 Å². The lowest BCUT2D eigenvalue weighted by atomic mass is 10.0. The lowest BCUT2D eigenvalue weighted by Gasteiger charge is -2.17. The molecule has 0 fully saturated rings. The second-order valence-corrected chi connectivity index (χ2v) is 8.82. The van der Waals surface area contributed by atoms with Crippen molar-refractivity contribution in [3.05, 3.63) is 94.7 Å². The maximum absolute atomic E-state index is 13.7. The molecule has 0 aliphatic heterocycles. The summed E-state index contributed by atoms with van der Waals surface area (Å²) in [5.74, 6) is 0.775. The largest absolute Gasteiger partial charge is 0.494 e. The number of ketones is 1. The number of carbonyl (C=O) groups excluding carboxylic acids is 1. The SMILES string of the molecule is CCN(CC)CCCOc1ccc(C(=O)c2c(-c3ccccc3Br)cc3ccccn23)cc1. The van der Waals surface area contributed by atoms with Gasteiger partial charge in [-0.2, -0.15) is 0 Å². The average molecular weight is 505 g/mol. The zero-order valence-corrected chi connectivity index (χ0v) is 20.7. The quantitative estimate of drug-likeness (QED) is 0.177. The van der Waals surface area contributed by atoms with E-state index in [1.807, 2.05) is 77.3 Å². The molecular formula is C28H29BrN2O2. The number of halogens is 1. The van der Waals surface area contributed by atoms with E-state index in [0.717, 1.165) is 52.9 Å². The normalized spacial score (nSPS) is 11.3. The van der Waals surface area contributed by atoms with Gasteiger partial charge >= 0.3 is 0 Å². The molecule has 4 aromatic rings. The highest BCUT2D eigenvalue weighted by Crippen LogP contribution is 2.34. The van der Waals surface area contributed by atoms with Gasteiger partial charge in [-0.05, 0) is 73.6 Å². The molecule has 0 unspecified atom stereocenters. The van der Waals surface area contributed by atoms with Crippen molar-refractivity contribution in [3.8, 4) is 16.9 Å². The second-order valence-electron chi connectivity index (χ2n) is 7.96. The Bertz CT molecular complexity index is 1230. The van der Waals surface area contributed by atoms with Crippen molar-refractivity contribution in [2.24, 2.45) is 0 Å². The summed E-state index contributed by atoms with van der Waals surface area (Å²) in [5, 5.41) is 0. The molecule has 0 spiro atoms. The molecule has 2 aromatic carbocycles. The number of hydrogen-bond acceptors (Lipinski definition) is 3. The Labute approximate surface area is 203 Å². The van der Waals surface area contributed by atoms with Crippen LogP contribution in [-0.4, -0.2) is 41.3 Å². The predicted octanol–water partition coefficient (Wildman–Crippen LogP) is 6.71. The highest BCUT2D eigenvalue weighted by Gasteiger charge is 2.21. The van der Waals surface area contributed by atoms with Gasteiger partial charge in [0.1, 0.15) is 11.4 Å². The fourth-order valence-electron chi connectivity index (χ4n) is 4.10. The van der Waals surface area contributed by atoms with E-state index in [0.29, 0.717) is 17.9 Å². The third-order valence-corrected chi connectivity index (χ3v) is 6.65. The minimum absolute atomic E-state index is 0.0139. The number of carbonyl (C=O) groups is 1. The minimum atomic E-state index is -0.0139. The first-order chi connectivity index (χ1) is 16.1. The zero-order valence-electron chi connectivity index (χ0n) is 19.1. The van der Waals surface area contributed by atoms with E-state index in [9.17, 15) is 4.79 Å². The Hall–Kier alpha value is -2.89. The van der Waals surface area contributed by atoms with Gasteiger partial charge in [0, 0.05) is 33.9 Å². The smallest absolute Gasteiger partial charge is 0.210 e. The van der Waals surface area contributed by atoms with Gasteiger partial charge in [-0.1, -0.05) is 54.0 Å². The summed E-state index contributed by atoms with van der Waals surface area (Å²) in [7, 11) is 0. The Morgan fingerprint density at radius 2 is 1.67 bits per heavy atom. The maximum Gasteiger partial charge on any atom is 0.210 e. The first kappa shape index (κ1) is 23.3. The summed E-state index contributed by atoms with van der Waals surface area (Å²) in [6.45, 7) is 8.17. The second kappa shape index (κ2) is 10.8. The van der Waals surface area contributed by atoms with Gasteiger partial charge in [0.05, 0.1) is 6.61 Å². The molecule has 5 heteroatoms. The van der Waals surface area contributed by atoms with Crippen molar-refractivity contribution in [1.29, 1.82) is 0 Å². The minimum Gasteiger partial charge on any atom is -0.494 e. The van der Waals surface area contributed by atoms with Crippen LogP contribution in [-0.2, 0) is 0 Å². The highest BCUT2D eigenvalue weighted by molar-refractivity contribution is 9.10. The summed E-state index contributed by atoms with van der Waals surface area (Å²) in [4.78, 5) is 16.0. The molecular weight excluding hydrogens is 476 g/mol. The van der Waals surface area contributed by atoms with Crippen LogP contribution in [0.2, 0.25) is 0 Å². The highest BCUT2D eigenvalue weighted by atomic mass is 79.9. The molecule has 0 aliphatic rings. The first-order valence-corrected chi connectivity index (χ1v) is 12.3. The van der Waals surface area contributed by atoms with Gasteiger partial charge in [-0.25, -0.2) is 0 Å². The van der Waals surface area contributed by atoms with E-state index in [1.54, 1.807) is 0 Å². The summed E-state index contributed by atoms with van der Waals surface area (Å²) in [6.07, 6.45) is 2.92. The molecule has 0 radical (unpaired) electrons. The van der Waals surface area contributed by atoms with Gasteiger partial charge < -0.3 is 14.0 Å². The van der Waals surface area contributed by atoms with E-state index < -0.39 is 0 Å². The van der Waals surface area contributed by atoms with Gasteiger partial charge in [-0.3, -0.25) is 4.79 Å². The number of ether oxygens (including phenoxy) is 1.